The Balaban J connectivity index is 2.13. The molecule has 0 saturated carbocycles. The first kappa shape index (κ1) is 23.5. The molecule has 2 N–H and O–H groups in total. The molecule has 4 rings (SSSR count). The maximum atomic E-state index is 10.2. The van der Waals surface area contributed by atoms with E-state index in [9.17, 15) is 10.2 Å². The van der Waals surface area contributed by atoms with Gasteiger partial charge in [0.15, 0.2) is 11.5 Å². The molecule has 0 spiro atoms. The fourth-order valence-corrected chi connectivity index (χ4v) is 4.52. The standard InChI is InChI=1S/C26H28N2O6/c1-13-7-15-8-19(28-20(12-30)22(15)26(34-6)24(13)32-4)23-17-10-21(31-3)14(2)25(33-5)18(17)9-16(11-29)27-23/h7-10,29-30H,11-12H2,1-6H3. The van der Waals surface area contributed by atoms with E-state index in [1.54, 1.807) is 34.5 Å². The second-order valence-electron chi connectivity index (χ2n) is 7.92. The number of ether oxygens (including phenoxy) is 4. The number of hydrogen-bond acceptors (Lipinski definition) is 8. The second kappa shape index (κ2) is 9.32. The summed E-state index contributed by atoms with van der Waals surface area (Å²) >= 11 is 0. The molecule has 0 aliphatic heterocycles. The van der Waals surface area contributed by atoms with E-state index in [4.69, 9.17) is 23.9 Å². The lowest BCUT2D eigenvalue weighted by molar-refractivity contribution is 0.277. The number of pyridine rings is 2. The summed E-state index contributed by atoms with van der Waals surface area (Å²) < 4.78 is 22.5. The Hall–Kier alpha value is -3.62. The molecule has 2 aromatic carbocycles. The molecule has 8 heteroatoms. The van der Waals surface area contributed by atoms with Gasteiger partial charge in [0.05, 0.1) is 69.8 Å². The van der Waals surface area contributed by atoms with Crippen LogP contribution in [0.2, 0.25) is 0 Å². The Kier molecular flexibility index (Phi) is 6.45. The Labute approximate surface area is 197 Å². The van der Waals surface area contributed by atoms with E-state index >= 15 is 0 Å². The largest absolute Gasteiger partial charge is 0.496 e. The Morgan fingerprint density at radius 3 is 2.03 bits per heavy atom. The van der Waals surface area contributed by atoms with Gasteiger partial charge in [-0.25, -0.2) is 9.97 Å². The predicted molar refractivity (Wildman–Crippen MR) is 130 cm³/mol. The topological polar surface area (TPSA) is 103 Å². The summed E-state index contributed by atoms with van der Waals surface area (Å²) in [6.45, 7) is 3.28. The Bertz CT molecular complexity index is 1400. The minimum atomic E-state index is -0.309. The van der Waals surface area contributed by atoms with Crippen LogP contribution in [0.3, 0.4) is 0 Å². The lowest BCUT2D eigenvalue weighted by Gasteiger charge is -2.18. The van der Waals surface area contributed by atoms with Crippen molar-refractivity contribution in [2.45, 2.75) is 27.1 Å². The van der Waals surface area contributed by atoms with Crippen LogP contribution in [0.25, 0.3) is 32.9 Å². The van der Waals surface area contributed by atoms with Crippen molar-refractivity contribution in [1.29, 1.82) is 0 Å². The number of methoxy groups -OCH3 is 4. The van der Waals surface area contributed by atoms with Gasteiger partial charge >= 0.3 is 0 Å². The molecule has 0 aliphatic carbocycles. The highest BCUT2D eigenvalue weighted by atomic mass is 16.5. The highest BCUT2D eigenvalue weighted by Gasteiger charge is 2.21. The molecule has 178 valence electrons. The van der Waals surface area contributed by atoms with Crippen LogP contribution in [0.4, 0.5) is 0 Å². The number of benzene rings is 2. The second-order valence-corrected chi connectivity index (χ2v) is 7.92. The van der Waals surface area contributed by atoms with Gasteiger partial charge in [-0.2, -0.15) is 0 Å². The molecule has 2 heterocycles. The van der Waals surface area contributed by atoms with E-state index in [1.165, 1.54) is 0 Å². The van der Waals surface area contributed by atoms with Gasteiger partial charge < -0.3 is 29.2 Å². The number of aryl methyl sites for hydroxylation is 1. The third-order valence-electron chi connectivity index (χ3n) is 6.02. The fourth-order valence-electron chi connectivity index (χ4n) is 4.52. The molecule has 4 aromatic rings. The molecule has 0 fully saturated rings. The first-order valence-corrected chi connectivity index (χ1v) is 10.7. The average molecular weight is 465 g/mol. The average Bonchev–Trinajstić information content (AvgIpc) is 2.85. The molecule has 0 amide bonds. The van der Waals surface area contributed by atoms with Gasteiger partial charge in [-0.1, -0.05) is 0 Å². The van der Waals surface area contributed by atoms with Crippen molar-refractivity contribution in [1.82, 2.24) is 9.97 Å². The van der Waals surface area contributed by atoms with E-state index in [0.29, 0.717) is 51.2 Å². The van der Waals surface area contributed by atoms with E-state index in [2.05, 4.69) is 4.98 Å². The first-order chi connectivity index (χ1) is 16.4. The SMILES string of the molecule is COc1cc2c(-c3cc4cc(C)c(OC)c(OC)c4c(CO)n3)nc(CO)cc2c(OC)c1C. The molecular formula is C26H28N2O6. The van der Waals surface area contributed by atoms with Crippen molar-refractivity contribution in [2.24, 2.45) is 0 Å². The van der Waals surface area contributed by atoms with Crippen molar-refractivity contribution in [3.63, 3.8) is 0 Å². The van der Waals surface area contributed by atoms with Crippen molar-refractivity contribution in [3.8, 4) is 34.4 Å². The third kappa shape index (κ3) is 3.65. The number of rotatable bonds is 7. The monoisotopic (exact) mass is 464 g/mol. The zero-order valence-electron chi connectivity index (χ0n) is 20.1. The molecule has 0 unspecified atom stereocenters. The van der Waals surface area contributed by atoms with E-state index in [1.807, 2.05) is 32.0 Å². The zero-order chi connectivity index (χ0) is 24.6. The summed E-state index contributed by atoms with van der Waals surface area (Å²) in [5, 5.41) is 23.2. The lowest BCUT2D eigenvalue weighted by atomic mass is 9.98. The van der Waals surface area contributed by atoms with Crippen molar-refractivity contribution >= 4 is 21.5 Å². The third-order valence-corrected chi connectivity index (χ3v) is 6.02. The minimum absolute atomic E-state index is 0.248. The number of fused-ring (bicyclic) bond motifs is 2. The van der Waals surface area contributed by atoms with Crippen LogP contribution < -0.4 is 18.9 Å². The van der Waals surface area contributed by atoms with Crippen LogP contribution in [0.15, 0.2) is 24.3 Å². The molecule has 0 atom stereocenters. The normalized spacial score (nSPS) is 11.2. The first-order valence-electron chi connectivity index (χ1n) is 10.7. The van der Waals surface area contributed by atoms with Crippen LogP contribution in [0, 0.1) is 13.8 Å². The van der Waals surface area contributed by atoms with Gasteiger partial charge in [-0.15, -0.1) is 0 Å². The predicted octanol–water partition coefficient (Wildman–Crippen LogP) is 4.09. The zero-order valence-corrected chi connectivity index (χ0v) is 20.1. The number of aliphatic hydroxyl groups excluding tert-OH is 2. The van der Waals surface area contributed by atoms with Crippen LogP contribution in [0.5, 0.6) is 23.0 Å². The number of nitrogens with zero attached hydrogens (tertiary/aromatic N) is 2. The smallest absolute Gasteiger partial charge is 0.170 e. The maximum absolute atomic E-state index is 10.2. The van der Waals surface area contributed by atoms with Crippen molar-refractivity contribution < 1.29 is 29.2 Å². The molecule has 0 bridgehead atoms. The summed E-state index contributed by atoms with van der Waals surface area (Å²) in [5.41, 5.74) is 3.71. The van der Waals surface area contributed by atoms with Crippen LogP contribution in [0.1, 0.15) is 22.5 Å². The molecule has 0 radical (unpaired) electrons. The summed E-state index contributed by atoms with van der Waals surface area (Å²) in [6, 6.07) is 7.55. The number of aromatic nitrogens is 2. The van der Waals surface area contributed by atoms with Crippen LogP contribution in [-0.2, 0) is 13.2 Å². The molecule has 8 nitrogen and oxygen atoms in total. The molecule has 0 aliphatic rings. The summed E-state index contributed by atoms with van der Waals surface area (Å²) in [7, 11) is 6.34. The molecule has 0 saturated heterocycles. The van der Waals surface area contributed by atoms with Crippen LogP contribution >= 0.6 is 0 Å². The van der Waals surface area contributed by atoms with Gasteiger partial charge in [0.25, 0.3) is 0 Å². The Morgan fingerprint density at radius 1 is 0.735 bits per heavy atom. The van der Waals surface area contributed by atoms with Gasteiger partial charge in [0.2, 0.25) is 0 Å². The maximum Gasteiger partial charge on any atom is 0.170 e. The van der Waals surface area contributed by atoms with Gasteiger partial charge in [0, 0.05) is 16.3 Å². The van der Waals surface area contributed by atoms with Gasteiger partial charge in [-0.3, -0.25) is 0 Å². The van der Waals surface area contributed by atoms with E-state index in [-0.39, 0.29) is 13.2 Å². The minimum Gasteiger partial charge on any atom is -0.496 e. The van der Waals surface area contributed by atoms with Crippen LogP contribution in [-0.4, -0.2) is 48.6 Å². The molecular weight excluding hydrogens is 436 g/mol. The Morgan fingerprint density at radius 2 is 1.44 bits per heavy atom. The number of hydrogen-bond donors (Lipinski definition) is 2. The summed E-state index contributed by atoms with van der Waals surface area (Å²) in [4.78, 5) is 9.44. The van der Waals surface area contributed by atoms with Gasteiger partial charge in [-0.05, 0) is 49.1 Å². The van der Waals surface area contributed by atoms with Gasteiger partial charge in [0.1, 0.15) is 11.5 Å². The van der Waals surface area contributed by atoms with E-state index < -0.39 is 0 Å². The van der Waals surface area contributed by atoms with E-state index in [0.717, 1.165) is 27.3 Å². The van der Waals surface area contributed by atoms with Crippen molar-refractivity contribution in [2.75, 3.05) is 28.4 Å². The summed E-state index contributed by atoms with van der Waals surface area (Å²) in [5.74, 6) is 2.39. The summed E-state index contributed by atoms with van der Waals surface area (Å²) in [6.07, 6.45) is 0. The van der Waals surface area contributed by atoms with Crippen molar-refractivity contribution in [3.05, 3.63) is 46.8 Å². The fraction of sp³-hybridized carbons (Fsp3) is 0.308. The number of aliphatic hydroxyl groups is 2. The highest BCUT2D eigenvalue weighted by molar-refractivity contribution is 6.02. The molecule has 2 aromatic heterocycles. The molecule has 34 heavy (non-hydrogen) atoms. The highest BCUT2D eigenvalue weighted by Crippen LogP contribution is 2.43. The lowest BCUT2D eigenvalue weighted by Crippen LogP contribution is -2.03. The quantitative estimate of drug-likeness (QED) is 0.422.